The average molecular weight is 439 g/mol. The Morgan fingerprint density at radius 2 is 1.77 bits per heavy atom. The van der Waals surface area contributed by atoms with Crippen LogP contribution in [0.15, 0.2) is 4.90 Å². The van der Waals surface area contributed by atoms with Crippen molar-refractivity contribution in [2.75, 3.05) is 26.2 Å². The molecule has 0 unspecified atom stereocenters. The highest BCUT2D eigenvalue weighted by molar-refractivity contribution is 7.89. The van der Waals surface area contributed by atoms with Gasteiger partial charge < -0.3 is 4.90 Å². The molecule has 0 spiro atoms. The molecule has 0 atom stereocenters. The van der Waals surface area contributed by atoms with Gasteiger partial charge in [-0.25, -0.2) is 8.42 Å². The minimum Gasteiger partial charge on any atom is -0.341 e. The quantitative estimate of drug-likeness (QED) is 0.683. The topological polar surface area (TPSA) is 75.5 Å². The molecular formula is C22H38N4O3S. The van der Waals surface area contributed by atoms with Gasteiger partial charge in [0.25, 0.3) is 0 Å². The van der Waals surface area contributed by atoms with Crippen LogP contribution in [-0.2, 0) is 21.9 Å². The molecule has 1 aliphatic carbocycles. The summed E-state index contributed by atoms with van der Waals surface area (Å²) in [4.78, 5) is 15.3. The molecule has 1 saturated heterocycles. The van der Waals surface area contributed by atoms with Crippen LogP contribution in [0.1, 0.15) is 69.7 Å². The fourth-order valence-electron chi connectivity index (χ4n) is 5.06. The van der Waals surface area contributed by atoms with Crippen molar-refractivity contribution in [3.8, 4) is 0 Å². The van der Waals surface area contributed by atoms with Gasteiger partial charge in [0, 0.05) is 39.1 Å². The first-order valence-electron chi connectivity index (χ1n) is 11.5. The van der Waals surface area contributed by atoms with Gasteiger partial charge in [0.1, 0.15) is 4.90 Å². The molecule has 1 saturated carbocycles. The van der Waals surface area contributed by atoms with E-state index in [2.05, 4.69) is 12.0 Å². The highest BCUT2D eigenvalue weighted by Crippen LogP contribution is 2.33. The maximum atomic E-state index is 13.3. The number of carbonyl (C=O) groups excluding carboxylic acids is 1. The lowest BCUT2D eigenvalue weighted by atomic mass is 9.79. The van der Waals surface area contributed by atoms with Gasteiger partial charge >= 0.3 is 0 Å². The number of amides is 1. The van der Waals surface area contributed by atoms with Crippen molar-refractivity contribution in [3.63, 3.8) is 0 Å². The Kier molecular flexibility index (Phi) is 7.61. The first-order chi connectivity index (χ1) is 14.3. The van der Waals surface area contributed by atoms with Crippen LogP contribution in [0.5, 0.6) is 0 Å². The minimum absolute atomic E-state index is 0.119. The van der Waals surface area contributed by atoms with Crippen molar-refractivity contribution in [2.24, 2.45) is 18.9 Å². The van der Waals surface area contributed by atoms with Gasteiger partial charge in [-0.05, 0) is 51.9 Å². The molecule has 1 aliphatic heterocycles. The summed E-state index contributed by atoms with van der Waals surface area (Å²) >= 11 is 0. The summed E-state index contributed by atoms with van der Waals surface area (Å²) < 4.78 is 29.7. The van der Waals surface area contributed by atoms with Crippen LogP contribution in [0.4, 0.5) is 0 Å². The first-order valence-corrected chi connectivity index (χ1v) is 13.0. The normalized spacial score (nSPS) is 24.1. The molecule has 3 rings (SSSR count). The van der Waals surface area contributed by atoms with Crippen molar-refractivity contribution in [2.45, 2.75) is 77.0 Å². The molecule has 0 bridgehead atoms. The van der Waals surface area contributed by atoms with Crippen LogP contribution in [0, 0.1) is 25.7 Å². The van der Waals surface area contributed by atoms with Gasteiger partial charge in [0.2, 0.25) is 15.9 Å². The van der Waals surface area contributed by atoms with Gasteiger partial charge in [0.05, 0.1) is 11.4 Å². The molecule has 2 fully saturated rings. The fourth-order valence-corrected chi connectivity index (χ4v) is 6.93. The summed E-state index contributed by atoms with van der Waals surface area (Å²) in [6.07, 6.45) is 8.78. The lowest BCUT2D eigenvalue weighted by Gasteiger charge is -2.31. The second kappa shape index (κ2) is 9.81. The SMILES string of the molecule is CCCCC1CCC(C(=O)N2CCCN(S(=O)(=O)c3c(C)nn(C)c3C)CC2)CC1. The van der Waals surface area contributed by atoms with Crippen molar-refractivity contribution in [3.05, 3.63) is 11.4 Å². The zero-order valence-corrected chi connectivity index (χ0v) is 19.9. The van der Waals surface area contributed by atoms with Crippen LogP contribution in [0.2, 0.25) is 0 Å². The third-order valence-electron chi connectivity index (χ3n) is 6.97. The molecule has 0 aromatic carbocycles. The van der Waals surface area contributed by atoms with E-state index < -0.39 is 10.0 Å². The van der Waals surface area contributed by atoms with Crippen molar-refractivity contribution >= 4 is 15.9 Å². The van der Waals surface area contributed by atoms with Gasteiger partial charge in [-0.3, -0.25) is 9.48 Å². The number of hydrogen-bond acceptors (Lipinski definition) is 4. The summed E-state index contributed by atoms with van der Waals surface area (Å²) in [6, 6.07) is 0. The summed E-state index contributed by atoms with van der Waals surface area (Å²) in [5, 5.41) is 4.27. The van der Waals surface area contributed by atoms with E-state index in [0.717, 1.165) is 31.6 Å². The highest BCUT2D eigenvalue weighted by atomic mass is 32.2. The lowest BCUT2D eigenvalue weighted by Crippen LogP contribution is -2.41. The number of sulfonamides is 1. The Hall–Kier alpha value is -1.41. The monoisotopic (exact) mass is 438 g/mol. The van der Waals surface area contributed by atoms with Gasteiger partial charge in [-0.15, -0.1) is 0 Å². The molecule has 8 heteroatoms. The van der Waals surface area contributed by atoms with E-state index in [4.69, 9.17) is 0 Å². The van der Waals surface area contributed by atoms with E-state index >= 15 is 0 Å². The molecule has 30 heavy (non-hydrogen) atoms. The van der Waals surface area contributed by atoms with Crippen LogP contribution in [0.3, 0.4) is 0 Å². The number of aryl methyl sites for hydroxylation is 2. The average Bonchev–Trinajstić information content (AvgIpc) is 2.90. The maximum Gasteiger partial charge on any atom is 0.246 e. The Morgan fingerprint density at radius 3 is 2.37 bits per heavy atom. The predicted molar refractivity (Wildman–Crippen MR) is 118 cm³/mol. The van der Waals surface area contributed by atoms with E-state index in [9.17, 15) is 13.2 Å². The van der Waals surface area contributed by atoms with Crippen LogP contribution in [0.25, 0.3) is 0 Å². The number of aromatic nitrogens is 2. The summed E-state index contributed by atoms with van der Waals surface area (Å²) in [5.41, 5.74) is 1.19. The Bertz CT molecular complexity index is 841. The Balaban J connectivity index is 1.60. The Morgan fingerprint density at radius 1 is 1.07 bits per heavy atom. The second-order valence-electron chi connectivity index (χ2n) is 9.07. The summed E-state index contributed by atoms with van der Waals surface area (Å²) in [6.45, 7) is 7.69. The van der Waals surface area contributed by atoms with E-state index in [-0.39, 0.29) is 11.8 Å². The number of carbonyl (C=O) groups is 1. The standard InChI is InChI=1S/C22H38N4O3S/c1-5-6-8-19-9-11-20(12-10-19)22(27)25-13-7-14-26(16-15-25)30(28,29)21-17(2)23-24(4)18(21)3/h19-20H,5-16H2,1-4H3. The third-order valence-corrected chi connectivity index (χ3v) is 9.12. The zero-order valence-electron chi connectivity index (χ0n) is 19.1. The molecular weight excluding hydrogens is 400 g/mol. The molecule has 2 heterocycles. The van der Waals surface area contributed by atoms with Crippen molar-refractivity contribution in [1.82, 2.24) is 19.0 Å². The Labute approximate surface area is 181 Å². The third kappa shape index (κ3) is 4.90. The molecule has 2 aliphatic rings. The molecule has 7 nitrogen and oxygen atoms in total. The van der Waals surface area contributed by atoms with E-state index in [1.54, 1.807) is 29.9 Å². The van der Waals surface area contributed by atoms with Crippen LogP contribution < -0.4 is 0 Å². The second-order valence-corrected chi connectivity index (χ2v) is 10.9. The van der Waals surface area contributed by atoms with E-state index in [0.29, 0.717) is 48.9 Å². The summed E-state index contributed by atoms with van der Waals surface area (Å²) in [5.74, 6) is 1.13. The fraction of sp³-hybridized carbons (Fsp3) is 0.818. The number of hydrogen-bond donors (Lipinski definition) is 0. The number of nitrogens with zero attached hydrogens (tertiary/aromatic N) is 4. The smallest absolute Gasteiger partial charge is 0.246 e. The molecule has 1 aromatic heterocycles. The van der Waals surface area contributed by atoms with Gasteiger partial charge in [-0.2, -0.15) is 9.40 Å². The lowest BCUT2D eigenvalue weighted by molar-refractivity contribution is -0.136. The van der Waals surface area contributed by atoms with E-state index in [1.807, 2.05) is 4.90 Å². The highest BCUT2D eigenvalue weighted by Gasteiger charge is 2.34. The van der Waals surface area contributed by atoms with Crippen molar-refractivity contribution < 1.29 is 13.2 Å². The maximum absolute atomic E-state index is 13.3. The minimum atomic E-state index is -3.60. The van der Waals surface area contributed by atoms with Gasteiger partial charge in [0.15, 0.2) is 0 Å². The molecule has 1 aromatic rings. The molecule has 0 radical (unpaired) electrons. The predicted octanol–water partition coefficient (Wildman–Crippen LogP) is 3.26. The number of rotatable bonds is 6. The molecule has 170 valence electrons. The summed E-state index contributed by atoms with van der Waals surface area (Å²) in [7, 11) is -1.84. The molecule has 0 N–H and O–H groups in total. The van der Waals surface area contributed by atoms with E-state index in [1.165, 1.54) is 19.3 Å². The zero-order chi connectivity index (χ0) is 21.9. The number of unbranched alkanes of at least 4 members (excludes halogenated alkanes) is 1. The van der Waals surface area contributed by atoms with Gasteiger partial charge in [-0.1, -0.05) is 26.2 Å². The van der Waals surface area contributed by atoms with Crippen molar-refractivity contribution in [1.29, 1.82) is 0 Å². The van der Waals surface area contributed by atoms with Crippen LogP contribution >= 0.6 is 0 Å². The molecule has 1 amide bonds. The largest absolute Gasteiger partial charge is 0.341 e. The first kappa shape index (κ1) is 23.3. The van der Waals surface area contributed by atoms with Crippen LogP contribution in [-0.4, -0.2) is 59.5 Å².